The standard InChI is InChI=1S/C28H29NO4/c1-2-18-8-10-20(11-9-18)21-13-15-26(30)24(16-21)27(31)29-25-17-22(12-14-23(25)28(32)33)19-6-4-3-5-7-19/h3-7,12-18,20,30H,2,8-11H2,1H3,(H,29,31)(H,32,33). The Morgan fingerprint density at radius 3 is 2.27 bits per heavy atom. The van der Waals surface area contributed by atoms with Gasteiger partial charge in [-0.15, -0.1) is 0 Å². The smallest absolute Gasteiger partial charge is 0.337 e. The maximum atomic E-state index is 13.1. The lowest BCUT2D eigenvalue weighted by Crippen LogP contribution is -2.17. The third-order valence-electron chi connectivity index (χ3n) is 6.77. The van der Waals surface area contributed by atoms with E-state index < -0.39 is 11.9 Å². The molecule has 5 nitrogen and oxygen atoms in total. The van der Waals surface area contributed by atoms with Crippen molar-refractivity contribution in [3.63, 3.8) is 0 Å². The molecule has 0 spiro atoms. The van der Waals surface area contributed by atoms with Gasteiger partial charge >= 0.3 is 5.97 Å². The van der Waals surface area contributed by atoms with Crippen LogP contribution in [-0.4, -0.2) is 22.1 Å². The number of nitrogens with one attached hydrogen (secondary N) is 1. The van der Waals surface area contributed by atoms with E-state index in [-0.39, 0.29) is 22.6 Å². The lowest BCUT2D eigenvalue weighted by atomic mass is 9.77. The van der Waals surface area contributed by atoms with Crippen LogP contribution in [0.4, 0.5) is 5.69 Å². The number of carboxylic acids is 1. The molecule has 3 aromatic rings. The molecule has 0 aromatic heterocycles. The first-order valence-electron chi connectivity index (χ1n) is 11.5. The summed E-state index contributed by atoms with van der Waals surface area (Å²) in [4.78, 5) is 24.9. The molecule has 0 heterocycles. The predicted molar refractivity (Wildman–Crippen MR) is 130 cm³/mol. The van der Waals surface area contributed by atoms with Crippen LogP contribution in [0.2, 0.25) is 0 Å². The van der Waals surface area contributed by atoms with E-state index in [1.807, 2.05) is 36.4 Å². The fourth-order valence-electron chi connectivity index (χ4n) is 4.73. The molecule has 1 aliphatic rings. The second-order valence-electron chi connectivity index (χ2n) is 8.79. The Balaban J connectivity index is 1.61. The molecule has 1 fully saturated rings. The molecule has 0 radical (unpaired) electrons. The monoisotopic (exact) mass is 443 g/mol. The van der Waals surface area contributed by atoms with Crippen LogP contribution in [0.3, 0.4) is 0 Å². The van der Waals surface area contributed by atoms with Crippen molar-refractivity contribution in [2.75, 3.05) is 5.32 Å². The van der Waals surface area contributed by atoms with Crippen LogP contribution in [0.25, 0.3) is 11.1 Å². The Kier molecular flexibility index (Phi) is 6.78. The van der Waals surface area contributed by atoms with Crippen LogP contribution < -0.4 is 5.32 Å². The van der Waals surface area contributed by atoms with Gasteiger partial charge in [0.2, 0.25) is 0 Å². The second-order valence-corrected chi connectivity index (χ2v) is 8.79. The summed E-state index contributed by atoms with van der Waals surface area (Å²) >= 11 is 0. The van der Waals surface area contributed by atoms with Gasteiger partial charge in [0.1, 0.15) is 5.75 Å². The van der Waals surface area contributed by atoms with Gasteiger partial charge in [-0.25, -0.2) is 4.79 Å². The van der Waals surface area contributed by atoms with Crippen molar-refractivity contribution < 1.29 is 19.8 Å². The van der Waals surface area contributed by atoms with Crippen LogP contribution in [0.5, 0.6) is 5.75 Å². The van der Waals surface area contributed by atoms with Crippen molar-refractivity contribution in [3.05, 3.63) is 83.4 Å². The molecule has 170 valence electrons. The first kappa shape index (κ1) is 22.6. The summed E-state index contributed by atoms with van der Waals surface area (Å²) in [5.41, 5.74) is 3.10. The minimum atomic E-state index is -1.13. The molecule has 3 N–H and O–H groups in total. The number of aromatic carboxylic acids is 1. The molecule has 0 unspecified atom stereocenters. The minimum absolute atomic E-state index is 0.00318. The molecule has 1 aliphatic carbocycles. The van der Waals surface area contributed by atoms with Crippen molar-refractivity contribution in [3.8, 4) is 16.9 Å². The van der Waals surface area contributed by atoms with Crippen LogP contribution in [0, 0.1) is 5.92 Å². The van der Waals surface area contributed by atoms with Crippen LogP contribution in [-0.2, 0) is 0 Å². The summed E-state index contributed by atoms with van der Waals surface area (Å²) in [6.45, 7) is 2.23. The first-order valence-corrected chi connectivity index (χ1v) is 11.5. The van der Waals surface area contributed by atoms with Crippen molar-refractivity contribution >= 4 is 17.6 Å². The highest BCUT2D eigenvalue weighted by Crippen LogP contribution is 2.38. The highest BCUT2D eigenvalue weighted by molar-refractivity contribution is 6.09. The molecule has 1 saturated carbocycles. The third kappa shape index (κ3) is 5.08. The maximum Gasteiger partial charge on any atom is 0.337 e. The predicted octanol–water partition coefficient (Wildman–Crippen LogP) is 6.69. The quantitative estimate of drug-likeness (QED) is 0.396. The van der Waals surface area contributed by atoms with Gasteiger partial charge in [-0.05, 0) is 78.5 Å². The van der Waals surface area contributed by atoms with Gasteiger partial charge < -0.3 is 15.5 Å². The number of aromatic hydroxyl groups is 1. The summed E-state index contributed by atoms with van der Waals surface area (Å²) in [5.74, 6) is -0.627. The van der Waals surface area contributed by atoms with Crippen molar-refractivity contribution in [2.45, 2.75) is 44.9 Å². The highest BCUT2D eigenvalue weighted by Gasteiger charge is 2.23. The van der Waals surface area contributed by atoms with E-state index in [0.29, 0.717) is 5.92 Å². The molecule has 0 bridgehead atoms. The molecular formula is C28H29NO4. The van der Waals surface area contributed by atoms with Gasteiger partial charge in [-0.3, -0.25) is 4.79 Å². The second kappa shape index (κ2) is 9.90. The van der Waals surface area contributed by atoms with Crippen molar-refractivity contribution in [2.24, 2.45) is 5.92 Å². The van der Waals surface area contributed by atoms with Crippen LogP contribution in [0.15, 0.2) is 66.7 Å². The largest absolute Gasteiger partial charge is 0.507 e. The number of hydrogen-bond acceptors (Lipinski definition) is 3. The zero-order valence-electron chi connectivity index (χ0n) is 18.8. The molecule has 0 aliphatic heterocycles. The van der Waals surface area contributed by atoms with Gasteiger partial charge in [0.05, 0.1) is 16.8 Å². The summed E-state index contributed by atoms with van der Waals surface area (Å²) in [6, 6.07) is 19.6. The fourth-order valence-corrected chi connectivity index (χ4v) is 4.73. The van der Waals surface area contributed by atoms with Gasteiger partial charge in [0, 0.05) is 0 Å². The lowest BCUT2D eigenvalue weighted by molar-refractivity contribution is 0.0698. The maximum absolute atomic E-state index is 13.1. The molecule has 33 heavy (non-hydrogen) atoms. The number of carboxylic acid groups (broad SMARTS) is 1. The SMILES string of the molecule is CCC1CCC(c2ccc(O)c(C(=O)Nc3cc(-c4ccccc4)ccc3C(=O)O)c2)CC1. The molecule has 1 amide bonds. The number of carbonyl (C=O) groups is 2. The third-order valence-corrected chi connectivity index (χ3v) is 6.77. The van der Waals surface area contributed by atoms with E-state index in [2.05, 4.69) is 12.2 Å². The average Bonchev–Trinajstić information content (AvgIpc) is 2.84. The van der Waals surface area contributed by atoms with E-state index in [0.717, 1.165) is 35.4 Å². The van der Waals surface area contributed by atoms with Gasteiger partial charge in [-0.1, -0.05) is 55.8 Å². The Bertz CT molecular complexity index is 1150. The molecule has 4 rings (SSSR count). The molecule has 5 heteroatoms. The number of anilines is 1. The van der Waals surface area contributed by atoms with E-state index >= 15 is 0 Å². The zero-order chi connectivity index (χ0) is 23.4. The molecule has 0 saturated heterocycles. The van der Waals surface area contributed by atoms with Gasteiger partial charge in [-0.2, -0.15) is 0 Å². The average molecular weight is 444 g/mol. The van der Waals surface area contributed by atoms with Gasteiger partial charge in [0.25, 0.3) is 5.91 Å². The number of rotatable bonds is 6. The fraction of sp³-hybridized carbons (Fsp3) is 0.286. The van der Waals surface area contributed by atoms with E-state index in [1.165, 1.54) is 25.3 Å². The van der Waals surface area contributed by atoms with E-state index in [1.54, 1.807) is 24.3 Å². The topological polar surface area (TPSA) is 86.6 Å². The lowest BCUT2D eigenvalue weighted by Gasteiger charge is -2.28. The molecular weight excluding hydrogens is 414 g/mol. The number of phenols is 1. The Morgan fingerprint density at radius 1 is 0.879 bits per heavy atom. The zero-order valence-corrected chi connectivity index (χ0v) is 18.8. The van der Waals surface area contributed by atoms with E-state index in [4.69, 9.17) is 0 Å². The number of phenolic OH excluding ortho intramolecular Hbond substituents is 1. The van der Waals surface area contributed by atoms with Crippen LogP contribution >= 0.6 is 0 Å². The van der Waals surface area contributed by atoms with E-state index in [9.17, 15) is 19.8 Å². The molecule has 0 atom stereocenters. The summed E-state index contributed by atoms with van der Waals surface area (Å²) in [6.07, 6.45) is 5.71. The minimum Gasteiger partial charge on any atom is -0.507 e. The van der Waals surface area contributed by atoms with Crippen LogP contribution in [0.1, 0.15) is 71.2 Å². The number of benzene rings is 3. The summed E-state index contributed by atoms with van der Waals surface area (Å²) in [5, 5.41) is 22.7. The molecule has 3 aromatic carbocycles. The summed E-state index contributed by atoms with van der Waals surface area (Å²) < 4.78 is 0. The van der Waals surface area contributed by atoms with Crippen molar-refractivity contribution in [1.29, 1.82) is 0 Å². The highest BCUT2D eigenvalue weighted by atomic mass is 16.4. The number of hydrogen-bond donors (Lipinski definition) is 3. The number of amides is 1. The Labute approximate surface area is 194 Å². The first-order chi connectivity index (χ1) is 16.0. The van der Waals surface area contributed by atoms with Crippen molar-refractivity contribution in [1.82, 2.24) is 0 Å². The Morgan fingerprint density at radius 2 is 1.61 bits per heavy atom. The summed E-state index contributed by atoms with van der Waals surface area (Å²) in [7, 11) is 0. The number of carbonyl (C=O) groups excluding carboxylic acids is 1. The normalized spacial score (nSPS) is 18.0. The van der Waals surface area contributed by atoms with Gasteiger partial charge in [0.15, 0.2) is 0 Å². The Hall–Kier alpha value is -3.60.